The largest absolute Gasteiger partial charge is 0.399 e. The molecule has 1 aromatic heterocycles. The maximum absolute atomic E-state index is 5.71. The zero-order valence-corrected chi connectivity index (χ0v) is 12.4. The van der Waals surface area contributed by atoms with Crippen LogP contribution in [0.1, 0.15) is 48.2 Å². The average Bonchev–Trinajstić information content (AvgIpc) is 3.09. The average molecular weight is 289 g/mol. The number of hydrogen-bond donors (Lipinski definition) is 1. The van der Waals surface area contributed by atoms with Crippen molar-refractivity contribution in [1.82, 2.24) is 10.1 Å². The van der Waals surface area contributed by atoms with Gasteiger partial charge in [0.15, 0.2) is 5.82 Å². The van der Waals surface area contributed by atoms with Crippen molar-refractivity contribution in [3.63, 3.8) is 0 Å². The molecule has 1 aliphatic rings. The summed E-state index contributed by atoms with van der Waals surface area (Å²) in [6, 6.07) is 7.98. The zero-order valence-electron chi connectivity index (χ0n) is 11.6. The monoisotopic (exact) mass is 289 g/mol. The second kappa shape index (κ2) is 5.87. The Morgan fingerprint density at radius 2 is 2.20 bits per heavy atom. The van der Waals surface area contributed by atoms with Crippen LogP contribution in [0, 0.1) is 0 Å². The lowest BCUT2D eigenvalue weighted by Crippen LogP contribution is -2.00. The summed E-state index contributed by atoms with van der Waals surface area (Å²) in [5.41, 5.74) is 7.74. The fourth-order valence-electron chi connectivity index (χ4n) is 2.47. The second-order valence-electron chi connectivity index (χ2n) is 5.32. The highest BCUT2D eigenvalue weighted by molar-refractivity contribution is 7.99. The smallest absolute Gasteiger partial charge is 0.227 e. The van der Waals surface area contributed by atoms with Crippen LogP contribution in [0.3, 0.4) is 0 Å². The molecule has 0 amide bonds. The molecule has 1 saturated heterocycles. The summed E-state index contributed by atoms with van der Waals surface area (Å²) >= 11 is 1.93. The first-order chi connectivity index (χ1) is 9.72. The molecule has 2 aromatic rings. The zero-order chi connectivity index (χ0) is 13.9. The highest BCUT2D eigenvalue weighted by atomic mass is 32.2. The van der Waals surface area contributed by atoms with Crippen LogP contribution in [0.15, 0.2) is 28.8 Å². The van der Waals surface area contributed by atoms with E-state index in [-0.39, 0.29) is 0 Å². The minimum atomic E-state index is 0.347. The van der Waals surface area contributed by atoms with Crippen LogP contribution in [-0.2, 0) is 6.42 Å². The molecule has 0 saturated carbocycles. The van der Waals surface area contributed by atoms with E-state index in [1.165, 1.54) is 17.7 Å². The molecular weight excluding hydrogens is 270 g/mol. The minimum Gasteiger partial charge on any atom is -0.399 e. The summed E-state index contributed by atoms with van der Waals surface area (Å²) in [5.74, 6) is 3.15. The van der Waals surface area contributed by atoms with Gasteiger partial charge in [-0.1, -0.05) is 24.2 Å². The predicted molar refractivity (Wildman–Crippen MR) is 81.7 cm³/mol. The third kappa shape index (κ3) is 2.98. The Morgan fingerprint density at radius 3 is 2.90 bits per heavy atom. The van der Waals surface area contributed by atoms with Crippen molar-refractivity contribution in [3.8, 4) is 0 Å². The van der Waals surface area contributed by atoms with Gasteiger partial charge in [0.05, 0.1) is 5.25 Å². The number of anilines is 1. The van der Waals surface area contributed by atoms with Gasteiger partial charge in [0, 0.05) is 12.1 Å². The SMILES string of the molecule is CC(Cc1nc(C2CCCS2)no1)c1ccc(N)cc1. The first-order valence-electron chi connectivity index (χ1n) is 7.02. The molecule has 1 fully saturated rings. The van der Waals surface area contributed by atoms with E-state index in [1.54, 1.807) is 0 Å². The van der Waals surface area contributed by atoms with E-state index in [0.717, 1.165) is 30.2 Å². The second-order valence-corrected chi connectivity index (χ2v) is 6.63. The van der Waals surface area contributed by atoms with Crippen molar-refractivity contribution < 1.29 is 4.52 Å². The summed E-state index contributed by atoms with van der Waals surface area (Å²) in [6.07, 6.45) is 3.19. The number of thioether (sulfide) groups is 1. The predicted octanol–water partition coefficient (Wildman–Crippen LogP) is 3.57. The topological polar surface area (TPSA) is 64.9 Å². The Kier molecular flexibility index (Phi) is 3.96. The van der Waals surface area contributed by atoms with Crippen LogP contribution in [0.5, 0.6) is 0 Å². The summed E-state index contributed by atoms with van der Waals surface area (Å²) in [5, 5.41) is 4.56. The van der Waals surface area contributed by atoms with Gasteiger partial charge in [0.1, 0.15) is 0 Å². The molecular formula is C15H19N3OS. The Bertz CT molecular complexity index is 561. The van der Waals surface area contributed by atoms with Gasteiger partial charge >= 0.3 is 0 Å². The molecule has 5 heteroatoms. The molecule has 0 spiro atoms. The lowest BCUT2D eigenvalue weighted by atomic mass is 9.98. The number of aromatic nitrogens is 2. The molecule has 0 aliphatic carbocycles. The maximum atomic E-state index is 5.71. The van der Waals surface area contributed by atoms with E-state index < -0.39 is 0 Å². The van der Waals surface area contributed by atoms with Crippen LogP contribution >= 0.6 is 11.8 Å². The lowest BCUT2D eigenvalue weighted by molar-refractivity contribution is 0.366. The molecule has 2 atom stereocenters. The fourth-order valence-corrected chi connectivity index (χ4v) is 3.66. The molecule has 2 unspecified atom stereocenters. The van der Waals surface area contributed by atoms with Crippen LogP contribution in [0.2, 0.25) is 0 Å². The number of hydrogen-bond acceptors (Lipinski definition) is 5. The first-order valence-corrected chi connectivity index (χ1v) is 8.07. The van der Waals surface area contributed by atoms with Gasteiger partial charge in [-0.2, -0.15) is 16.7 Å². The van der Waals surface area contributed by atoms with Crippen molar-refractivity contribution in [2.75, 3.05) is 11.5 Å². The Balaban J connectivity index is 1.66. The van der Waals surface area contributed by atoms with Crippen molar-refractivity contribution >= 4 is 17.4 Å². The van der Waals surface area contributed by atoms with Gasteiger partial charge in [-0.25, -0.2) is 0 Å². The van der Waals surface area contributed by atoms with Gasteiger partial charge in [-0.05, 0) is 42.2 Å². The third-order valence-corrected chi connectivity index (χ3v) is 5.06. The molecule has 106 valence electrons. The number of rotatable bonds is 4. The summed E-state index contributed by atoms with van der Waals surface area (Å²) in [7, 11) is 0. The van der Waals surface area contributed by atoms with Gasteiger partial charge in [-0.15, -0.1) is 0 Å². The standard InChI is InChI=1S/C15H19N3OS/c1-10(11-4-6-12(16)7-5-11)9-14-17-15(18-19-14)13-3-2-8-20-13/h4-7,10,13H,2-3,8-9,16H2,1H3. The van der Waals surface area contributed by atoms with Gasteiger partial charge in [0.25, 0.3) is 0 Å². The van der Waals surface area contributed by atoms with Crippen molar-refractivity contribution in [1.29, 1.82) is 0 Å². The molecule has 2 N–H and O–H groups in total. The molecule has 1 aliphatic heterocycles. The highest BCUT2D eigenvalue weighted by Gasteiger charge is 2.23. The fraction of sp³-hybridized carbons (Fsp3) is 0.467. The number of benzene rings is 1. The molecule has 20 heavy (non-hydrogen) atoms. The van der Waals surface area contributed by atoms with Crippen molar-refractivity contribution in [3.05, 3.63) is 41.5 Å². The molecule has 4 nitrogen and oxygen atoms in total. The normalized spacial score (nSPS) is 20.1. The van der Waals surface area contributed by atoms with E-state index in [1.807, 2.05) is 23.9 Å². The number of nitrogens with zero attached hydrogens (tertiary/aromatic N) is 2. The van der Waals surface area contributed by atoms with E-state index in [9.17, 15) is 0 Å². The van der Waals surface area contributed by atoms with Gasteiger partial charge < -0.3 is 10.3 Å². The molecule has 0 radical (unpaired) electrons. The van der Waals surface area contributed by atoms with E-state index in [2.05, 4.69) is 29.2 Å². The molecule has 2 heterocycles. The first kappa shape index (κ1) is 13.5. The van der Waals surface area contributed by atoms with Gasteiger partial charge in [0.2, 0.25) is 5.89 Å². The van der Waals surface area contributed by atoms with Crippen LogP contribution in [0.25, 0.3) is 0 Å². The van der Waals surface area contributed by atoms with Gasteiger partial charge in [-0.3, -0.25) is 0 Å². The number of nitrogen functional groups attached to an aromatic ring is 1. The highest BCUT2D eigenvalue weighted by Crippen LogP contribution is 2.38. The molecule has 0 bridgehead atoms. The summed E-state index contributed by atoms with van der Waals surface area (Å²) < 4.78 is 5.39. The third-order valence-electron chi connectivity index (χ3n) is 3.69. The summed E-state index contributed by atoms with van der Waals surface area (Å²) in [6.45, 7) is 2.17. The van der Waals surface area contributed by atoms with Crippen LogP contribution in [-0.4, -0.2) is 15.9 Å². The van der Waals surface area contributed by atoms with E-state index >= 15 is 0 Å². The quantitative estimate of drug-likeness (QED) is 0.872. The van der Waals surface area contributed by atoms with Crippen molar-refractivity contribution in [2.45, 2.75) is 37.4 Å². The van der Waals surface area contributed by atoms with Crippen LogP contribution in [0.4, 0.5) is 5.69 Å². The van der Waals surface area contributed by atoms with E-state index in [0.29, 0.717) is 11.2 Å². The van der Waals surface area contributed by atoms with E-state index in [4.69, 9.17) is 10.3 Å². The Hall–Kier alpha value is -1.49. The molecule has 1 aromatic carbocycles. The maximum Gasteiger partial charge on any atom is 0.227 e. The number of nitrogens with two attached hydrogens (primary N) is 1. The lowest BCUT2D eigenvalue weighted by Gasteiger charge is -2.09. The Labute approximate surface area is 123 Å². The minimum absolute atomic E-state index is 0.347. The van der Waals surface area contributed by atoms with Crippen molar-refractivity contribution in [2.24, 2.45) is 0 Å². The Morgan fingerprint density at radius 1 is 1.40 bits per heavy atom. The summed E-state index contributed by atoms with van der Waals surface area (Å²) in [4.78, 5) is 4.55. The molecule has 3 rings (SSSR count). The van der Waals surface area contributed by atoms with Crippen LogP contribution < -0.4 is 5.73 Å².